The van der Waals surface area contributed by atoms with Gasteiger partial charge < -0.3 is 0 Å². The van der Waals surface area contributed by atoms with Crippen LogP contribution in [0.5, 0.6) is 0 Å². The number of rotatable bonds is 1. The van der Waals surface area contributed by atoms with Gasteiger partial charge >= 0.3 is 0 Å². The second kappa shape index (κ2) is 3.62. The summed E-state index contributed by atoms with van der Waals surface area (Å²) in [4.78, 5) is 0. The Balaban J connectivity index is 2.57. The lowest BCUT2D eigenvalue weighted by Crippen LogP contribution is -1.96. The van der Waals surface area contributed by atoms with Gasteiger partial charge in [-0.05, 0) is 62.7 Å². The zero-order valence-electron chi connectivity index (χ0n) is 5.87. The fourth-order valence-corrected chi connectivity index (χ4v) is 3.36. The fraction of sp³-hybridized carbons (Fsp3) is 0. The van der Waals surface area contributed by atoms with E-state index in [2.05, 4.69) is 61.7 Å². The standard InChI is InChI=1S/C7H4I2N2S/c8-5-2-4-12-7(5)11-6(9)1-3-10-11/h1-4H. The third kappa shape index (κ3) is 1.53. The second-order valence-electron chi connectivity index (χ2n) is 2.14. The normalized spacial score (nSPS) is 10.5. The van der Waals surface area contributed by atoms with E-state index in [1.165, 1.54) is 8.57 Å². The predicted octanol–water partition coefficient (Wildman–Crippen LogP) is 3.14. The highest BCUT2D eigenvalue weighted by Crippen LogP contribution is 2.24. The first-order valence-electron chi connectivity index (χ1n) is 3.22. The van der Waals surface area contributed by atoms with Crippen LogP contribution in [0.3, 0.4) is 0 Å². The highest BCUT2D eigenvalue weighted by atomic mass is 127. The predicted molar refractivity (Wildman–Crippen MR) is 66.9 cm³/mol. The zero-order chi connectivity index (χ0) is 8.55. The topological polar surface area (TPSA) is 17.8 Å². The molecule has 2 rings (SSSR count). The number of nitrogens with zero attached hydrogens (tertiary/aromatic N) is 2. The quantitative estimate of drug-likeness (QED) is 0.671. The number of halogens is 2. The first-order chi connectivity index (χ1) is 5.79. The second-order valence-corrected chi connectivity index (χ2v) is 5.30. The maximum absolute atomic E-state index is 4.23. The van der Waals surface area contributed by atoms with Crippen LogP contribution < -0.4 is 0 Å². The van der Waals surface area contributed by atoms with Crippen LogP contribution in [0.4, 0.5) is 0 Å². The lowest BCUT2D eigenvalue weighted by atomic mass is 10.6. The summed E-state index contributed by atoms with van der Waals surface area (Å²) in [6.45, 7) is 0. The molecule has 0 atom stereocenters. The van der Waals surface area contributed by atoms with Crippen LogP contribution in [0.2, 0.25) is 0 Å². The molecule has 62 valence electrons. The SMILES string of the molecule is Ic1ccsc1-n1nccc1I. The molecule has 2 aromatic rings. The number of hydrogen-bond donors (Lipinski definition) is 0. The van der Waals surface area contributed by atoms with Crippen molar-refractivity contribution in [3.63, 3.8) is 0 Å². The van der Waals surface area contributed by atoms with E-state index < -0.39 is 0 Å². The Morgan fingerprint density at radius 2 is 2.17 bits per heavy atom. The van der Waals surface area contributed by atoms with Gasteiger partial charge in [-0.3, -0.25) is 0 Å². The summed E-state index contributed by atoms with van der Waals surface area (Å²) in [5, 5.41) is 7.51. The minimum absolute atomic E-state index is 1.15. The van der Waals surface area contributed by atoms with E-state index in [9.17, 15) is 0 Å². The molecule has 0 bridgehead atoms. The van der Waals surface area contributed by atoms with Crippen molar-refractivity contribution < 1.29 is 0 Å². The van der Waals surface area contributed by atoms with Crippen molar-refractivity contribution >= 4 is 56.5 Å². The minimum atomic E-state index is 1.15. The lowest BCUT2D eigenvalue weighted by molar-refractivity contribution is 0.871. The van der Waals surface area contributed by atoms with Crippen molar-refractivity contribution in [2.45, 2.75) is 0 Å². The van der Waals surface area contributed by atoms with Crippen LogP contribution in [0.15, 0.2) is 23.7 Å². The Hall–Kier alpha value is 0.370. The molecule has 0 saturated heterocycles. The van der Waals surface area contributed by atoms with Crippen molar-refractivity contribution in [1.82, 2.24) is 9.78 Å². The molecule has 12 heavy (non-hydrogen) atoms. The van der Waals surface area contributed by atoms with Crippen molar-refractivity contribution in [3.05, 3.63) is 31.0 Å². The average molecular weight is 402 g/mol. The van der Waals surface area contributed by atoms with E-state index >= 15 is 0 Å². The molecule has 0 spiro atoms. The summed E-state index contributed by atoms with van der Waals surface area (Å²) in [6.07, 6.45) is 1.82. The third-order valence-electron chi connectivity index (χ3n) is 1.39. The highest BCUT2D eigenvalue weighted by molar-refractivity contribution is 14.1. The van der Waals surface area contributed by atoms with Gasteiger partial charge in [-0.25, -0.2) is 4.68 Å². The summed E-state index contributed by atoms with van der Waals surface area (Å²) >= 11 is 6.31. The molecule has 2 nitrogen and oxygen atoms in total. The summed E-state index contributed by atoms with van der Waals surface area (Å²) in [5.74, 6) is 0. The first-order valence-corrected chi connectivity index (χ1v) is 6.25. The first kappa shape index (κ1) is 8.95. The van der Waals surface area contributed by atoms with E-state index in [0.29, 0.717) is 0 Å². The van der Waals surface area contributed by atoms with Gasteiger partial charge in [0.2, 0.25) is 0 Å². The van der Waals surface area contributed by atoms with E-state index in [1.807, 2.05) is 16.9 Å². The van der Waals surface area contributed by atoms with E-state index in [1.54, 1.807) is 11.3 Å². The van der Waals surface area contributed by atoms with Crippen LogP contribution >= 0.6 is 56.5 Å². The number of aromatic nitrogens is 2. The summed E-state index contributed by atoms with van der Waals surface area (Å²) in [7, 11) is 0. The van der Waals surface area contributed by atoms with Crippen molar-refractivity contribution in [2.75, 3.05) is 0 Å². The Morgan fingerprint density at radius 1 is 1.33 bits per heavy atom. The fourth-order valence-electron chi connectivity index (χ4n) is 0.874. The van der Waals surface area contributed by atoms with Crippen molar-refractivity contribution in [3.8, 4) is 5.00 Å². The monoisotopic (exact) mass is 402 g/mol. The summed E-state index contributed by atoms with van der Waals surface area (Å²) in [5.41, 5.74) is 0. The van der Waals surface area contributed by atoms with Gasteiger partial charge in [0.15, 0.2) is 0 Å². The molecule has 0 fully saturated rings. The van der Waals surface area contributed by atoms with Crippen LogP contribution in [-0.4, -0.2) is 9.78 Å². The van der Waals surface area contributed by atoms with Gasteiger partial charge in [-0.2, -0.15) is 5.10 Å². The van der Waals surface area contributed by atoms with Gasteiger partial charge in [-0.15, -0.1) is 11.3 Å². The Bertz CT molecular complexity index is 355. The molecular weight excluding hydrogens is 398 g/mol. The molecule has 2 heterocycles. The molecule has 0 saturated carbocycles. The third-order valence-corrected chi connectivity index (χ3v) is 4.33. The van der Waals surface area contributed by atoms with E-state index in [0.717, 1.165) is 3.70 Å². The van der Waals surface area contributed by atoms with Gasteiger partial charge in [0.25, 0.3) is 0 Å². The Kier molecular flexibility index (Phi) is 2.70. The van der Waals surface area contributed by atoms with Gasteiger partial charge in [-0.1, -0.05) is 0 Å². The minimum Gasteiger partial charge on any atom is -0.216 e. The molecule has 0 amide bonds. The maximum Gasteiger partial charge on any atom is 0.132 e. The van der Waals surface area contributed by atoms with E-state index in [4.69, 9.17) is 0 Å². The number of hydrogen-bond acceptors (Lipinski definition) is 2. The van der Waals surface area contributed by atoms with Gasteiger partial charge in [0.1, 0.15) is 8.70 Å². The molecule has 2 aromatic heterocycles. The van der Waals surface area contributed by atoms with Crippen LogP contribution in [0, 0.1) is 7.27 Å². The smallest absolute Gasteiger partial charge is 0.132 e. The molecule has 0 aliphatic carbocycles. The average Bonchev–Trinajstić information content (AvgIpc) is 2.59. The molecular formula is C7H4I2N2S. The largest absolute Gasteiger partial charge is 0.216 e. The molecule has 0 aliphatic rings. The summed E-state index contributed by atoms with van der Waals surface area (Å²) < 4.78 is 4.35. The van der Waals surface area contributed by atoms with Crippen LogP contribution in [0.25, 0.3) is 5.00 Å². The van der Waals surface area contributed by atoms with Crippen molar-refractivity contribution in [2.24, 2.45) is 0 Å². The maximum atomic E-state index is 4.23. The molecule has 0 radical (unpaired) electrons. The molecule has 0 N–H and O–H groups in total. The van der Waals surface area contributed by atoms with E-state index in [-0.39, 0.29) is 0 Å². The van der Waals surface area contributed by atoms with Gasteiger partial charge in [0, 0.05) is 3.57 Å². The summed E-state index contributed by atoms with van der Waals surface area (Å²) in [6, 6.07) is 4.09. The van der Waals surface area contributed by atoms with Crippen LogP contribution in [-0.2, 0) is 0 Å². The molecule has 5 heteroatoms. The zero-order valence-corrected chi connectivity index (χ0v) is 11.0. The van der Waals surface area contributed by atoms with Crippen molar-refractivity contribution in [1.29, 1.82) is 0 Å². The lowest BCUT2D eigenvalue weighted by Gasteiger charge is -1.98. The Labute approximate surface area is 101 Å². The number of thiophene rings is 1. The molecule has 0 aromatic carbocycles. The molecule has 0 unspecified atom stereocenters. The van der Waals surface area contributed by atoms with Gasteiger partial charge in [0.05, 0.1) is 6.20 Å². The Morgan fingerprint density at radius 3 is 2.67 bits per heavy atom. The van der Waals surface area contributed by atoms with Crippen LogP contribution in [0.1, 0.15) is 0 Å². The molecule has 0 aliphatic heterocycles. The highest BCUT2D eigenvalue weighted by Gasteiger charge is 2.06.